The zero-order valence-corrected chi connectivity index (χ0v) is 10.7. The van der Waals surface area contributed by atoms with Crippen LogP contribution in [0.15, 0.2) is 35.0 Å². The maximum absolute atomic E-state index is 10.5. The van der Waals surface area contributed by atoms with Gasteiger partial charge in [0.2, 0.25) is 0 Å². The minimum Gasteiger partial charge on any atom is -0.388 e. The van der Waals surface area contributed by atoms with Gasteiger partial charge in [0.1, 0.15) is 0 Å². The SMILES string of the molecule is C=C(Cl)/C=C(NC)\C(C=O)=C/C.CCC. The van der Waals surface area contributed by atoms with E-state index in [0.29, 0.717) is 16.3 Å². The van der Waals surface area contributed by atoms with Crippen LogP contribution in [0.4, 0.5) is 0 Å². The highest BCUT2D eigenvalue weighted by Crippen LogP contribution is 2.08. The Balaban J connectivity index is 0. The highest BCUT2D eigenvalue weighted by molar-refractivity contribution is 6.30. The molecule has 0 unspecified atom stereocenters. The zero-order chi connectivity index (χ0) is 12.3. The second-order valence-electron chi connectivity index (χ2n) is 2.82. The number of nitrogens with one attached hydrogen (secondary N) is 1. The van der Waals surface area contributed by atoms with Crippen molar-refractivity contribution in [2.45, 2.75) is 27.2 Å². The van der Waals surface area contributed by atoms with E-state index in [1.54, 1.807) is 26.1 Å². The van der Waals surface area contributed by atoms with Gasteiger partial charge in [0.15, 0.2) is 6.29 Å². The number of rotatable bonds is 4. The molecular weight excluding hydrogens is 210 g/mol. The van der Waals surface area contributed by atoms with E-state index in [2.05, 4.69) is 25.7 Å². The first kappa shape index (κ1) is 16.4. The molecule has 0 fully saturated rings. The Morgan fingerprint density at radius 1 is 1.47 bits per heavy atom. The average molecular weight is 230 g/mol. The van der Waals surface area contributed by atoms with Gasteiger partial charge in [0.05, 0.1) is 0 Å². The van der Waals surface area contributed by atoms with E-state index in [4.69, 9.17) is 11.6 Å². The van der Waals surface area contributed by atoms with Gasteiger partial charge in [-0.15, -0.1) is 0 Å². The summed E-state index contributed by atoms with van der Waals surface area (Å²) < 4.78 is 0. The number of hydrogen-bond donors (Lipinski definition) is 1. The third kappa shape index (κ3) is 9.29. The minimum absolute atomic E-state index is 0.389. The van der Waals surface area contributed by atoms with Crippen molar-refractivity contribution in [1.29, 1.82) is 0 Å². The summed E-state index contributed by atoms with van der Waals surface area (Å²) in [5, 5.41) is 3.24. The number of hydrogen-bond acceptors (Lipinski definition) is 2. The number of carbonyl (C=O) groups is 1. The third-order valence-electron chi connectivity index (χ3n) is 1.32. The number of carbonyl (C=O) groups excluding carboxylic acids is 1. The Kier molecular flexibility index (Phi) is 12.1. The monoisotopic (exact) mass is 229 g/mol. The van der Waals surface area contributed by atoms with Gasteiger partial charge < -0.3 is 5.32 Å². The van der Waals surface area contributed by atoms with Crippen molar-refractivity contribution in [3.8, 4) is 0 Å². The first-order valence-corrected chi connectivity index (χ1v) is 5.30. The lowest BCUT2D eigenvalue weighted by Crippen LogP contribution is -2.09. The normalized spacial score (nSPS) is 11.3. The van der Waals surface area contributed by atoms with Crippen LogP contribution in [-0.2, 0) is 4.79 Å². The molecule has 0 aromatic carbocycles. The molecule has 15 heavy (non-hydrogen) atoms. The molecule has 0 spiro atoms. The predicted octanol–water partition coefficient (Wildman–Crippen LogP) is 3.40. The van der Waals surface area contributed by atoms with Crippen LogP contribution in [-0.4, -0.2) is 13.3 Å². The average Bonchev–Trinajstić information content (AvgIpc) is 2.18. The Morgan fingerprint density at radius 3 is 2.13 bits per heavy atom. The van der Waals surface area contributed by atoms with Crippen molar-refractivity contribution in [3.63, 3.8) is 0 Å². The maximum Gasteiger partial charge on any atom is 0.151 e. The third-order valence-corrected chi connectivity index (χ3v) is 1.43. The molecule has 0 atom stereocenters. The second-order valence-corrected chi connectivity index (χ2v) is 3.31. The standard InChI is InChI=1S/C9H12ClNO.C3H8/c1-4-8(6-12)9(11-3)5-7(2)10;1-3-2/h4-6,11H,2H2,1,3H3;3H2,1-2H3/b8-4-,9-5+;. The molecule has 0 rings (SSSR count). The van der Waals surface area contributed by atoms with Gasteiger partial charge in [-0.2, -0.15) is 0 Å². The van der Waals surface area contributed by atoms with Crippen molar-refractivity contribution in [2.24, 2.45) is 0 Å². The molecule has 0 aliphatic rings. The highest BCUT2D eigenvalue weighted by atomic mass is 35.5. The number of halogens is 1. The van der Waals surface area contributed by atoms with E-state index in [1.807, 2.05) is 0 Å². The maximum atomic E-state index is 10.5. The first-order valence-electron chi connectivity index (χ1n) is 4.92. The van der Waals surface area contributed by atoms with Crippen molar-refractivity contribution in [3.05, 3.63) is 35.0 Å². The van der Waals surface area contributed by atoms with Gasteiger partial charge in [-0.05, 0) is 13.0 Å². The Bertz CT molecular complexity index is 254. The molecule has 0 saturated heterocycles. The van der Waals surface area contributed by atoms with Gasteiger partial charge in [-0.3, -0.25) is 4.79 Å². The molecule has 0 aliphatic carbocycles. The van der Waals surface area contributed by atoms with Gasteiger partial charge in [-0.25, -0.2) is 0 Å². The van der Waals surface area contributed by atoms with Crippen LogP contribution in [0, 0.1) is 0 Å². The van der Waals surface area contributed by atoms with Crippen molar-refractivity contribution in [1.82, 2.24) is 5.32 Å². The van der Waals surface area contributed by atoms with E-state index in [9.17, 15) is 4.79 Å². The molecule has 0 amide bonds. The smallest absolute Gasteiger partial charge is 0.151 e. The summed E-state index contributed by atoms with van der Waals surface area (Å²) in [6.45, 7) is 9.53. The molecule has 0 aromatic heterocycles. The highest BCUT2D eigenvalue weighted by Gasteiger charge is 1.99. The van der Waals surface area contributed by atoms with Crippen LogP contribution in [0.3, 0.4) is 0 Å². The van der Waals surface area contributed by atoms with E-state index in [0.717, 1.165) is 6.29 Å². The summed E-state index contributed by atoms with van der Waals surface area (Å²) in [6, 6.07) is 0. The lowest BCUT2D eigenvalue weighted by Gasteiger charge is -2.04. The summed E-state index contributed by atoms with van der Waals surface area (Å²) in [5.41, 5.74) is 1.24. The summed E-state index contributed by atoms with van der Waals surface area (Å²) >= 11 is 5.56. The van der Waals surface area contributed by atoms with Gasteiger partial charge in [0, 0.05) is 23.4 Å². The number of allylic oxidation sites excluding steroid dienone is 4. The molecule has 2 nitrogen and oxygen atoms in total. The molecule has 0 heterocycles. The molecule has 0 aliphatic heterocycles. The van der Waals surface area contributed by atoms with Gasteiger partial charge >= 0.3 is 0 Å². The Morgan fingerprint density at radius 2 is 1.93 bits per heavy atom. The molecule has 0 saturated carbocycles. The minimum atomic E-state index is 0.389. The Labute approximate surface area is 97.7 Å². The van der Waals surface area contributed by atoms with E-state index in [-0.39, 0.29) is 0 Å². The molecule has 0 radical (unpaired) electrons. The molecule has 0 bridgehead atoms. The van der Waals surface area contributed by atoms with Crippen LogP contribution < -0.4 is 5.32 Å². The summed E-state index contributed by atoms with van der Waals surface area (Å²) in [5.74, 6) is 0. The van der Waals surface area contributed by atoms with Crippen molar-refractivity contribution < 1.29 is 4.79 Å². The summed E-state index contributed by atoms with van der Waals surface area (Å²) in [7, 11) is 1.72. The Hall–Kier alpha value is -1.02. The zero-order valence-electron chi connectivity index (χ0n) is 9.93. The fraction of sp³-hybridized carbons (Fsp3) is 0.417. The number of aldehydes is 1. The second kappa shape index (κ2) is 11.1. The fourth-order valence-corrected chi connectivity index (χ4v) is 0.853. The fourth-order valence-electron chi connectivity index (χ4n) is 0.743. The van der Waals surface area contributed by atoms with E-state index < -0.39 is 0 Å². The molecule has 1 N–H and O–H groups in total. The van der Waals surface area contributed by atoms with Crippen molar-refractivity contribution in [2.75, 3.05) is 7.05 Å². The lowest BCUT2D eigenvalue weighted by atomic mass is 10.2. The van der Waals surface area contributed by atoms with Crippen molar-refractivity contribution >= 4 is 17.9 Å². The molecule has 86 valence electrons. The van der Waals surface area contributed by atoms with E-state index in [1.165, 1.54) is 6.42 Å². The summed E-state index contributed by atoms with van der Waals surface area (Å²) in [4.78, 5) is 10.5. The van der Waals surface area contributed by atoms with Crippen LogP contribution in [0.5, 0.6) is 0 Å². The van der Waals surface area contributed by atoms with Crippen LogP contribution >= 0.6 is 11.6 Å². The van der Waals surface area contributed by atoms with Crippen LogP contribution in [0.2, 0.25) is 0 Å². The predicted molar refractivity (Wildman–Crippen MR) is 67.9 cm³/mol. The topological polar surface area (TPSA) is 29.1 Å². The van der Waals surface area contributed by atoms with Gasteiger partial charge in [-0.1, -0.05) is 44.5 Å². The van der Waals surface area contributed by atoms with E-state index >= 15 is 0 Å². The number of likely N-dealkylation sites (N-methyl/N-ethyl adjacent to an activating group) is 1. The molecule has 0 aromatic rings. The molecule has 3 heteroatoms. The summed E-state index contributed by atoms with van der Waals surface area (Å²) in [6.07, 6.45) is 5.32. The quantitative estimate of drug-likeness (QED) is 0.455. The molecular formula is C12H20ClNO. The van der Waals surface area contributed by atoms with Gasteiger partial charge in [0.25, 0.3) is 0 Å². The largest absolute Gasteiger partial charge is 0.388 e. The lowest BCUT2D eigenvalue weighted by molar-refractivity contribution is -0.104. The first-order chi connectivity index (χ1) is 7.06. The van der Waals surface area contributed by atoms with Crippen LogP contribution in [0.25, 0.3) is 0 Å². The van der Waals surface area contributed by atoms with Crippen LogP contribution in [0.1, 0.15) is 27.2 Å².